The van der Waals surface area contributed by atoms with Crippen LogP contribution in [0.15, 0.2) is 84.9 Å². The number of halogens is 1. The molecule has 27 heavy (non-hydrogen) atoms. The van der Waals surface area contributed by atoms with Gasteiger partial charge in [0.15, 0.2) is 7.38 Å². The van der Waals surface area contributed by atoms with Crippen LogP contribution in [0.5, 0.6) is 0 Å². The Hall–Kier alpha value is -1.40. The van der Waals surface area contributed by atoms with E-state index in [4.69, 9.17) is 11.1 Å². The van der Waals surface area contributed by atoms with Gasteiger partial charge in [0.05, 0.1) is 0 Å². The highest BCUT2D eigenvalue weighted by molar-refractivity contribution is 7.80. The molecule has 0 aromatic heterocycles. The maximum absolute atomic E-state index is 7.51. The molecule has 0 unspecified atom stereocenters. The van der Waals surface area contributed by atoms with Gasteiger partial charge >= 0.3 is 0 Å². The fourth-order valence-electron chi connectivity index (χ4n) is 3.86. The molecule has 0 fully saturated rings. The Bertz CT molecular complexity index is 814. The number of rotatable bonds is 6. The Kier molecular flexibility index (Phi) is 6.58. The van der Waals surface area contributed by atoms with Crippen LogP contribution in [0.4, 0.5) is 0 Å². The summed E-state index contributed by atoms with van der Waals surface area (Å²) in [5.41, 5.74) is 0.951. The number of hydrogen-bond acceptors (Lipinski definition) is 0. The van der Waals surface area contributed by atoms with E-state index in [0.717, 1.165) is 0 Å². The topological polar surface area (TPSA) is 0 Å². The second kappa shape index (κ2) is 8.74. The van der Waals surface area contributed by atoms with Crippen LogP contribution >= 0.6 is 19.0 Å². The van der Waals surface area contributed by atoms with Gasteiger partial charge in [-0.2, -0.15) is 11.1 Å². The van der Waals surface area contributed by atoms with E-state index in [0.29, 0.717) is 11.1 Å². The van der Waals surface area contributed by atoms with Crippen molar-refractivity contribution in [2.24, 2.45) is 0 Å². The van der Waals surface area contributed by atoms with Crippen molar-refractivity contribution in [3.05, 3.63) is 84.9 Å². The van der Waals surface area contributed by atoms with E-state index in [2.05, 4.69) is 113 Å². The molecule has 0 aliphatic rings. The molecule has 0 radical (unpaired) electrons. The van der Waals surface area contributed by atoms with Crippen LogP contribution in [-0.2, 0) is 0 Å². The summed E-state index contributed by atoms with van der Waals surface area (Å²) >= 11 is 7.51. The first-order valence-corrected chi connectivity index (χ1v) is 14.2. The molecular formula is C24H28ClPSi. The van der Waals surface area contributed by atoms with Crippen molar-refractivity contribution >= 4 is 47.5 Å². The Balaban J connectivity index is 2.26. The molecule has 0 spiro atoms. The molecule has 0 aliphatic carbocycles. The summed E-state index contributed by atoms with van der Waals surface area (Å²) in [6, 6.07) is 30.8. The molecule has 0 bridgehead atoms. The van der Waals surface area contributed by atoms with Gasteiger partial charge in [0.25, 0.3) is 0 Å². The van der Waals surface area contributed by atoms with Gasteiger partial charge in [-0.1, -0.05) is 113 Å². The molecule has 140 valence electrons. The van der Waals surface area contributed by atoms with Crippen LogP contribution in [0.3, 0.4) is 0 Å². The van der Waals surface area contributed by atoms with Crippen LogP contribution in [0.1, 0.15) is 27.7 Å². The third-order valence-corrected chi connectivity index (χ3v) is 15.8. The molecule has 0 atom stereocenters. The van der Waals surface area contributed by atoms with Gasteiger partial charge in [-0.3, -0.25) is 0 Å². The summed E-state index contributed by atoms with van der Waals surface area (Å²) in [4.78, 5) is 0. The monoisotopic (exact) mass is 410 g/mol. The molecular weight excluding hydrogens is 383 g/mol. The van der Waals surface area contributed by atoms with Gasteiger partial charge in [-0.15, -0.1) is 0 Å². The molecule has 0 amide bonds. The third kappa shape index (κ3) is 4.06. The SMILES string of the molecule is CC(C)[Si](Cl)(c1ccccc1P(c1ccccc1)c1ccccc1)C(C)C. The molecule has 3 aromatic carbocycles. The molecule has 3 aromatic rings. The van der Waals surface area contributed by atoms with E-state index in [1.807, 2.05) is 0 Å². The van der Waals surface area contributed by atoms with Crippen LogP contribution in [0, 0.1) is 0 Å². The van der Waals surface area contributed by atoms with Gasteiger partial charge < -0.3 is 0 Å². The van der Waals surface area contributed by atoms with Gasteiger partial charge in [0.2, 0.25) is 0 Å². The van der Waals surface area contributed by atoms with Crippen LogP contribution in [-0.4, -0.2) is 7.38 Å². The minimum atomic E-state index is -2.16. The predicted octanol–water partition coefficient (Wildman–Crippen LogP) is 5.66. The van der Waals surface area contributed by atoms with Crippen LogP contribution < -0.4 is 21.1 Å². The summed E-state index contributed by atoms with van der Waals surface area (Å²) in [5.74, 6) is 0. The summed E-state index contributed by atoms with van der Waals surface area (Å²) in [5, 5.41) is 5.60. The largest absolute Gasteiger partial charge is 0.192 e. The molecule has 3 heteroatoms. The van der Waals surface area contributed by atoms with Crippen molar-refractivity contribution < 1.29 is 0 Å². The lowest BCUT2D eigenvalue weighted by Gasteiger charge is -2.36. The minimum absolute atomic E-state index is 0.476. The molecule has 0 nitrogen and oxygen atoms in total. The van der Waals surface area contributed by atoms with Crippen LogP contribution in [0.25, 0.3) is 0 Å². The quantitative estimate of drug-likeness (QED) is 0.279. The van der Waals surface area contributed by atoms with E-state index in [1.165, 1.54) is 21.1 Å². The van der Waals surface area contributed by atoms with Crippen molar-refractivity contribution in [3.63, 3.8) is 0 Å². The van der Waals surface area contributed by atoms with Crippen molar-refractivity contribution in [3.8, 4) is 0 Å². The van der Waals surface area contributed by atoms with Crippen molar-refractivity contribution in [2.45, 2.75) is 38.8 Å². The average molecular weight is 411 g/mol. The van der Waals surface area contributed by atoms with Crippen LogP contribution in [0.2, 0.25) is 11.1 Å². The van der Waals surface area contributed by atoms with Gasteiger partial charge in [-0.05, 0) is 40.1 Å². The lowest BCUT2D eigenvalue weighted by Crippen LogP contribution is -2.54. The highest BCUT2D eigenvalue weighted by Gasteiger charge is 2.42. The second-order valence-corrected chi connectivity index (χ2v) is 16.0. The summed E-state index contributed by atoms with van der Waals surface area (Å²) in [6.45, 7) is 9.18. The van der Waals surface area contributed by atoms with Crippen molar-refractivity contribution in [1.29, 1.82) is 0 Å². The number of benzene rings is 3. The zero-order valence-corrected chi connectivity index (χ0v) is 19.2. The molecule has 0 aliphatic heterocycles. The number of hydrogen-bond donors (Lipinski definition) is 0. The first-order chi connectivity index (χ1) is 13.0. The molecule has 0 N–H and O–H groups in total. The van der Waals surface area contributed by atoms with Crippen molar-refractivity contribution in [2.75, 3.05) is 0 Å². The maximum atomic E-state index is 7.51. The molecule has 0 saturated carbocycles. The lowest BCUT2D eigenvalue weighted by atomic mass is 10.3. The zero-order chi connectivity index (χ0) is 19.4. The Morgan fingerprint density at radius 3 is 1.48 bits per heavy atom. The Morgan fingerprint density at radius 1 is 0.630 bits per heavy atom. The minimum Gasteiger partial charge on any atom is -0.160 e. The zero-order valence-electron chi connectivity index (χ0n) is 16.6. The van der Waals surface area contributed by atoms with Gasteiger partial charge in [0.1, 0.15) is 0 Å². The predicted molar refractivity (Wildman–Crippen MR) is 127 cm³/mol. The third-order valence-electron chi connectivity index (χ3n) is 5.27. The first kappa shape index (κ1) is 20.3. The van der Waals surface area contributed by atoms with Gasteiger partial charge in [0, 0.05) is 0 Å². The van der Waals surface area contributed by atoms with E-state index in [9.17, 15) is 0 Å². The van der Waals surface area contributed by atoms with Crippen molar-refractivity contribution in [1.82, 2.24) is 0 Å². The average Bonchev–Trinajstić information content (AvgIpc) is 2.69. The summed E-state index contributed by atoms with van der Waals surface area (Å²) < 4.78 is 0. The first-order valence-electron chi connectivity index (χ1n) is 9.65. The summed E-state index contributed by atoms with van der Waals surface area (Å²) in [7, 11) is -2.80. The fraction of sp³-hybridized carbons (Fsp3) is 0.250. The summed E-state index contributed by atoms with van der Waals surface area (Å²) in [6.07, 6.45) is 0. The van der Waals surface area contributed by atoms with E-state index >= 15 is 0 Å². The van der Waals surface area contributed by atoms with Gasteiger partial charge in [-0.25, -0.2) is 0 Å². The molecule has 0 heterocycles. The lowest BCUT2D eigenvalue weighted by molar-refractivity contribution is 0.940. The molecule has 0 saturated heterocycles. The molecule has 3 rings (SSSR count). The fourth-order valence-corrected chi connectivity index (χ4v) is 11.2. The van der Waals surface area contributed by atoms with E-state index in [1.54, 1.807) is 0 Å². The Labute approximate surface area is 171 Å². The highest BCUT2D eigenvalue weighted by Crippen LogP contribution is 2.39. The van der Waals surface area contributed by atoms with E-state index < -0.39 is 15.3 Å². The normalized spacial score (nSPS) is 12.1. The second-order valence-electron chi connectivity index (χ2n) is 7.60. The standard InChI is InChI=1S/C24H28ClPSi/c1-19(2)27(25,20(3)4)24-18-12-11-17-23(24)26(21-13-7-5-8-14-21)22-15-9-6-10-16-22/h5-20H,1-4H3. The maximum Gasteiger partial charge on any atom is 0.192 e. The highest BCUT2D eigenvalue weighted by atomic mass is 35.6. The van der Waals surface area contributed by atoms with E-state index in [-0.39, 0.29) is 0 Å². The Morgan fingerprint density at radius 2 is 1.04 bits per heavy atom. The smallest absolute Gasteiger partial charge is 0.160 e.